The van der Waals surface area contributed by atoms with E-state index < -0.39 is 17.7 Å². The summed E-state index contributed by atoms with van der Waals surface area (Å²) >= 11 is 0. The van der Waals surface area contributed by atoms with E-state index in [1.54, 1.807) is 6.07 Å². The lowest BCUT2D eigenvalue weighted by atomic mass is 10.0. The Morgan fingerprint density at radius 1 is 1.22 bits per heavy atom. The Kier molecular flexibility index (Phi) is 3.53. The van der Waals surface area contributed by atoms with Crippen LogP contribution in [-0.4, -0.2) is 10.1 Å². The molecule has 2 rings (SSSR count). The Bertz CT molecular complexity index is 540. The van der Waals surface area contributed by atoms with Gasteiger partial charge in [-0.15, -0.1) is 0 Å². The molecule has 0 aliphatic carbocycles. The average molecular weight is 250 g/mol. The first-order valence-electron chi connectivity index (χ1n) is 5.40. The molecular weight excluding hydrogens is 238 g/mol. The summed E-state index contributed by atoms with van der Waals surface area (Å²) in [6.45, 7) is 0. The van der Waals surface area contributed by atoms with Gasteiger partial charge in [0.25, 0.3) is 0 Å². The molecule has 18 heavy (non-hydrogen) atoms. The van der Waals surface area contributed by atoms with Crippen LogP contribution >= 0.6 is 0 Å². The van der Waals surface area contributed by atoms with Gasteiger partial charge < -0.3 is 10.8 Å². The maximum absolute atomic E-state index is 13.5. The summed E-state index contributed by atoms with van der Waals surface area (Å²) in [5, 5.41) is 9.90. The molecular formula is C13H12F2N2O. The SMILES string of the molecule is Nc1ccncc1CC(O)c1c(F)cccc1F. The van der Waals surface area contributed by atoms with Crippen LogP contribution in [0.3, 0.4) is 0 Å². The number of nitrogen functional groups attached to an aromatic ring is 1. The van der Waals surface area contributed by atoms with Crippen LogP contribution in [-0.2, 0) is 6.42 Å². The third-order valence-corrected chi connectivity index (χ3v) is 2.69. The van der Waals surface area contributed by atoms with Gasteiger partial charge in [-0.2, -0.15) is 0 Å². The minimum Gasteiger partial charge on any atom is -0.398 e. The van der Waals surface area contributed by atoms with Gasteiger partial charge in [0.05, 0.1) is 11.7 Å². The molecule has 0 amide bonds. The van der Waals surface area contributed by atoms with E-state index in [9.17, 15) is 13.9 Å². The Balaban J connectivity index is 2.28. The molecule has 0 aliphatic rings. The van der Waals surface area contributed by atoms with E-state index >= 15 is 0 Å². The Labute approximate surface area is 103 Å². The number of hydrogen-bond acceptors (Lipinski definition) is 3. The summed E-state index contributed by atoms with van der Waals surface area (Å²) in [6.07, 6.45) is 1.70. The van der Waals surface area contributed by atoms with Crippen molar-refractivity contribution in [2.45, 2.75) is 12.5 Å². The van der Waals surface area contributed by atoms with E-state index in [0.717, 1.165) is 12.1 Å². The Morgan fingerprint density at radius 3 is 2.50 bits per heavy atom. The average Bonchev–Trinajstić information content (AvgIpc) is 2.32. The summed E-state index contributed by atoms with van der Waals surface area (Å²) in [4.78, 5) is 3.86. The number of nitrogens with zero attached hydrogens (tertiary/aromatic N) is 1. The first kappa shape index (κ1) is 12.4. The zero-order valence-electron chi connectivity index (χ0n) is 9.48. The summed E-state index contributed by atoms with van der Waals surface area (Å²) in [7, 11) is 0. The number of halogens is 2. The van der Waals surface area contributed by atoms with Gasteiger partial charge in [-0.05, 0) is 23.8 Å². The van der Waals surface area contributed by atoms with Crippen molar-refractivity contribution in [3.63, 3.8) is 0 Å². The zero-order chi connectivity index (χ0) is 13.1. The molecule has 0 saturated carbocycles. The number of anilines is 1. The normalized spacial score (nSPS) is 12.4. The highest BCUT2D eigenvalue weighted by Gasteiger charge is 2.18. The molecule has 2 aromatic rings. The summed E-state index contributed by atoms with van der Waals surface area (Å²) in [5.74, 6) is -1.55. The van der Waals surface area contributed by atoms with Gasteiger partial charge in [0.1, 0.15) is 11.6 Å². The van der Waals surface area contributed by atoms with E-state index in [0.29, 0.717) is 11.3 Å². The lowest BCUT2D eigenvalue weighted by Crippen LogP contribution is -2.08. The number of pyridine rings is 1. The molecule has 0 spiro atoms. The van der Waals surface area contributed by atoms with Crippen molar-refractivity contribution in [2.75, 3.05) is 5.73 Å². The van der Waals surface area contributed by atoms with Crippen LogP contribution in [0, 0.1) is 11.6 Å². The van der Waals surface area contributed by atoms with E-state index in [-0.39, 0.29) is 12.0 Å². The van der Waals surface area contributed by atoms with Gasteiger partial charge in [-0.1, -0.05) is 6.07 Å². The van der Waals surface area contributed by atoms with Crippen LogP contribution < -0.4 is 5.73 Å². The van der Waals surface area contributed by atoms with Gasteiger partial charge in [0.2, 0.25) is 0 Å². The zero-order valence-corrected chi connectivity index (χ0v) is 9.48. The molecule has 3 N–H and O–H groups in total. The van der Waals surface area contributed by atoms with Gasteiger partial charge in [0.15, 0.2) is 0 Å². The predicted octanol–water partition coefficient (Wildman–Crippen LogP) is 2.22. The molecule has 1 atom stereocenters. The molecule has 0 aliphatic heterocycles. The molecule has 1 unspecified atom stereocenters. The van der Waals surface area contributed by atoms with Gasteiger partial charge in [-0.3, -0.25) is 4.98 Å². The largest absolute Gasteiger partial charge is 0.398 e. The third-order valence-electron chi connectivity index (χ3n) is 2.69. The number of aliphatic hydroxyl groups is 1. The second-order valence-electron chi connectivity index (χ2n) is 3.93. The van der Waals surface area contributed by atoms with Crippen molar-refractivity contribution < 1.29 is 13.9 Å². The minimum absolute atomic E-state index is 0.0114. The quantitative estimate of drug-likeness (QED) is 0.878. The van der Waals surface area contributed by atoms with Crippen molar-refractivity contribution in [3.05, 3.63) is 59.4 Å². The Hall–Kier alpha value is -2.01. The van der Waals surface area contributed by atoms with Crippen LogP contribution in [0.4, 0.5) is 14.5 Å². The molecule has 94 valence electrons. The summed E-state index contributed by atoms with van der Waals surface area (Å²) in [6, 6.07) is 5.03. The first-order chi connectivity index (χ1) is 8.59. The van der Waals surface area contributed by atoms with Crippen molar-refractivity contribution in [1.29, 1.82) is 0 Å². The number of hydrogen-bond donors (Lipinski definition) is 2. The molecule has 0 saturated heterocycles. The van der Waals surface area contributed by atoms with Crippen molar-refractivity contribution in [2.24, 2.45) is 0 Å². The molecule has 0 radical (unpaired) electrons. The third kappa shape index (κ3) is 2.46. The van der Waals surface area contributed by atoms with E-state index in [2.05, 4.69) is 4.98 Å². The fourth-order valence-corrected chi connectivity index (χ4v) is 1.75. The molecule has 1 heterocycles. The van der Waals surface area contributed by atoms with Crippen molar-refractivity contribution in [3.8, 4) is 0 Å². The van der Waals surface area contributed by atoms with Gasteiger partial charge in [-0.25, -0.2) is 8.78 Å². The van der Waals surface area contributed by atoms with Crippen LogP contribution in [0.25, 0.3) is 0 Å². The van der Waals surface area contributed by atoms with Gasteiger partial charge in [0, 0.05) is 24.5 Å². The standard InChI is InChI=1S/C13H12F2N2O/c14-9-2-1-3-10(15)13(9)12(18)6-8-7-17-5-4-11(8)16/h1-5,7,12,18H,6H2,(H2,16,17). The Morgan fingerprint density at radius 2 is 1.89 bits per heavy atom. The molecule has 0 bridgehead atoms. The highest BCUT2D eigenvalue weighted by molar-refractivity contribution is 5.45. The maximum atomic E-state index is 13.5. The van der Waals surface area contributed by atoms with Gasteiger partial charge >= 0.3 is 0 Å². The lowest BCUT2D eigenvalue weighted by Gasteiger charge is -2.13. The smallest absolute Gasteiger partial charge is 0.131 e. The number of aliphatic hydroxyl groups excluding tert-OH is 1. The van der Waals surface area contributed by atoms with Crippen molar-refractivity contribution in [1.82, 2.24) is 4.98 Å². The molecule has 1 aromatic heterocycles. The van der Waals surface area contributed by atoms with Crippen molar-refractivity contribution >= 4 is 5.69 Å². The summed E-state index contributed by atoms with van der Waals surface area (Å²) in [5.41, 5.74) is 6.32. The lowest BCUT2D eigenvalue weighted by molar-refractivity contribution is 0.168. The first-order valence-corrected chi connectivity index (χ1v) is 5.40. The molecule has 1 aromatic carbocycles. The second kappa shape index (κ2) is 5.10. The van der Waals surface area contributed by atoms with Crippen LogP contribution in [0.1, 0.15) is 17.2 Å². The summed E-state index contributed by atoms with van der Waals surface area (Å²) < 4.78 is 26.9. The van der Waals surface area contributed by atoms with E-state index in [1.165, 1.54) is 18.5 Å². The fraction of sp³-hybridized carbons (Fsp3) is 0.154. The van der Waals surface area contributed by atoms with Crippen LogP contribution in [0.2, 0.25) is 0 Å². The molecule has 0 fully saturated rings. The number of nitrogens with two attached hydrogens (primary N) is 1. The van der Waals surface area contributed by atoms with Crippen LogP contribution in [0.5, 0.6) is 0 Å². The fourth-order valence-electron chi connectivity index (χ4n) is 1.75. The van der Waals surface area contributed by atoms with E-state index in [4.69, 9.17) is 5.73 Å². The number of aromatic nitrogens is 1. The highest BCUT2D eigenvalue weighted by Crippen LogP contribution is 2.25. The predicted molar refractivity (Wildman–Crippen MR) is 63.7 cm³/mol. The number of benzene rings is 1. The van der Waals surface area contributed by atoms with E-state index in [1.807, 2.05) is 0 Å². The van der Waals surface area contributed by atoms with Crippen LogP contribution in [0.15, 0.2) is 36.7 Å². The molecule has 3 nitrogen and oxygen atoms in total. The monoisotopic (exact) mass is 250 g/mol. The second-order valence-corrected chi connectivity index (χ2v) is 3.93. The number of rotatable bonds is 3. The topological polar surface area (TPSA) is 59.1 Å². The molecule has 5 heteroatoms. The maximum Gasteiger partial charge on any atom is 0.131 e. The minimum atomic E-state index is -1.29. The highest BCUT2D eigenvalue weighted by atomic mass is 19.1.